The molecule has 0 bridgehead atoms. The molecule has 148 valence electrons. The molecule has 6 heteroatoms. The monoisotopic (exact) mass is 398 g/mol. The molecule has 0 heterocycles. The van der Waals surface area contributed by atoms with Crippen LogP contribution in [0.15, 0.2) is 71.0 Å². The van der Waals surface area contributed by atoms with Crippen molar-refractivity contribution < 1.29 is 14.3 Å². The number of hydrogen-bond acceptors (Lipinski definition) is 4. The van der Waals surface area contributed by atoms with E-state index in [0.717, 1.165) is 28.3 Å². The lowest BCUT2D eigenvalue weighted by Gasteiger charge is -2.23. The number of ether oxygens (including phenoxy) is 1. The van der Waals surface area contributed by atoms with Crippen molar-refractivity contribution in [3.05, 3.63) is 61.2 Å². The third kappa shape index (κ3) is 6.78. The Morgan fingerprint density at radius 2 is 1.93 bits per heavy atom. The topological polar surface area (TPSA) is 58.6 Å². The molecule has 0 unspecified atom stereocenters. The van der Waals surface area contributed by atoms with E-state index in [1.165, 1.54) is 6.92 Å². The summed E-state index contributed by atoms with van der Waals surface area (Å²) < 4.78 is 5.06. The summed E-state index contributed by atoms with van der Waals surface area (Å²) >= 11 is 1.59. The van der Waals surface area contributed by atoms with Gasteiger partial charge in [0.1, 0.15) is 5.75 Å². The first-order valence-corrected chi connectivity index (χ1v) is 10.1. The van der Waals surface area contributed by atoms with Gasteiger partial charge in [-0.3, -0.25) is 9.69 Å². The Balaban J connectivity index is 2.14. The lowest BCUT2D eigenvalue weighted by Crippen LogP contribution is -2.40. The zero-order valence-electron chi connectivity index (χ0n) is 16.3. The number of esters is 1. The number of carbonyl (C=O) groups is 2. The van der Waals surface area contributed by atoms with Crippen LogP contribution in [0.3, 0.4) is 0 Å². The van der Waals surface area contributed by atoms with Gasteiger partial charge in [-0.25, -0.2) is 4.79 Å². The molecule has 1 N–H and O–H groups in total. The molecule has 0 spiro atoms. The second kappa shape index (κ2) is 11.2. The minimum atomic E-state index is -0.338. The smallest absolute Gasteiger partial charge is 0.322 e. The van der Waals surface area contributed by atoms with Gasteiger partial charge >= 0.3 is 12.0 Å². The SMILES string of the molecule is C=CCNC(=O)N(CCCC)c1cccc(Sc2ccc(OC(C)=O)cc2)c1. The van der Waals surface area contributed by atoms with Crippen LogP contribution in [0.4, 0.5) is 10.5 Å². The lowest BCUT2D eigenvalue weighted by atomic mass is 10.2. The largest absolute Gasteiger partial charge is 0.427 e. The Hall–Kier alpha value is -2.73. The van der Waals surface area contributed by atoms with Crippen molar-refractivity contribution in [2.75, 3.05) is 18.0 Å². The van der Waals surface area contributed by atoms with E-state index < -0.39 is 0 Å². The van der Waals surface area contributed by atoms with Crippen LogP contribution >= 0.6 is 11.8 Å². The van der Waals surface area contributed by atoms with Crippen LogP contribution in [0.2, 0.25) is 0 Å². The summed E-state index contributed by atoms with van der Waals surface area (Å²) in [7, 11) is 0. The third-order valence-electron chi connectivity index (χ3n) is 3.83. The van der Waals surface area contributed by atoms with Crippen molar-refractivity contribution in [1.82, 2.24) is 5.32 Å². The van der Waals surface area contributed by atoms with Crippen molar-refractivity contribution in [3.63, 3.8) is 0 Å². The summed E-state index contributed by atoms with van der Waals surface area (Å²) in [5.41, 5.74) is 0.858. The van der Waals surface area contributed by atoms with Crippen molar-refractivity contribution >= 4 is 29.4 Å². The van der Waals surface area contributed by atoms with E-state index in [1.807, 2.05) is 36.4 Å². The first-order chi connectivity index (χ1) is 13.5. The molecule has 0 fully saturated rings. The number of amides is 2. The van der Waals surface area contributed by atoms with E-state index in [-0.39, 0.29) is 12.0 Å². The molecule has 0 aliphatic carbocycles. The van der Waals surface area contributed by atoms with Gasteiger partial charge in [-0.15, -0.1) is 6.58 Å². The molecule has 0 aliphatic rings. The maximum atomic E-state index is 12.5. The highest BCUT2D eigenvalue weighted by Crippen LogP contribution is 2.31. The first kappa shape index (κ1) is 21.6. The molecule has 0 atom stereocenters. The van der Waals surface area contributed by atoms with Crippen LogP contribution in [-0.4, -0.2) is 25.1 Å². The van der Waals surface area contributed by atoms with Crippen LogP contribution < -0.4 is 15.0 Å². The predicted molar refractivity (Wildman–Crippen MR) is 114 cm³/mol. The van der Waals surface area contributed by atoms with Crippen LogP contribution in [0, 0.1) is 0 Å². The molecule has 0 radical (unpaired) electrons. The quantitative estimate of drug-likeness (QED) is 0.355. The van der Waals surface area contributed by atoms with Crippen molar-refractivity contribution in [3.8, 4) is 5.75 Å². The highest BCUT2D eigenvalue weighted by molar-refractivity contribution is 7.99. The fourth-order valence-corrected chi connectivity index (χ4v) is 3.38. The van der Waals surface area contributed by atoms with E-state index in [4.69, 9.17) is 4.74 Å². The number of nitrogens with zero attached hydrogens (tertiary/aromatic N) is 1. The Labute approximate surface area is 170 Å². The molecule has 2 amide bonds. The molecule has 0 saturated carbocycles. The molecule has 5 nitrogen and oxygen atoms in total. The van der Waals surface area contributed by atoms with Gasteiger partial charge in [0.05, 0.1) is 0 Å². The summed E-state index contributed by atoms with van der Waals surface area (Å²) in [6.45, 7) is 8.22. The maximum Gasteiger partial charge on any atom is 0.322 e. The fraction of sp³-hybridized carbons (Fsp3) is 0.273. The summed E-state index contributed by atoms with van der Waals surface area (Å²) in [6, 6.07) is 15.1. The zero-order valence-corrected chi connectivity index (χ0v) is 17.1. The number of hydrogen-bond donors (Lipinski definition) is 1. The summed E-state index contributed by atoms with van der Waals surface area (Å²) in [5, 5.41) is 2.85. The molecule has 28 heavy (non-hydrogen) atoms. The van der Waals surface area contributed by atoms with E-state index in [9.17, 15) is 9.59 Å². The highest BCUT2D eigenvalue weighted by Gasteiger charge is 2.15. The summed E-state index contributed by atoms with van der Waals surface area (Å²) in [6.07, 6.45) is 3.60. The normalized spacial score (nSPS) is 10.2. The number of urea groups is 1. The van der Waals surface area contributed by atoms with Gasteiger partial charge in [0.2, 0.25) is 0 Å². The number of anilines is 1. The highest BCUT2D eigenvalue weighted by atomic mass is 32.2. The summed E-state index contributed by atoms with van der Waals surface area (Å²) in [5.74, 6) is 0.185. The molecule has 2 rings (SSSR count). The third-order valence-corrected chi connectivity index (χ3v) is 4.83. The minimum absolute atomic E-state index is 0.124. The molecule has 0 aliphatic heterocycles. The van der Waals surface area contributed by atoms with Gasteiger partial charge < -0.3 is 10.1 Å². The second-order valence-electron chi connectivity index (χ2n) is 6.14. The Bertz CT molecular complexity index is 806. The number of unbranched alkanes of at least 4 members (excludes halogenated alkanes) is 1. The van der Waals surface area contributed by atoms with Gasteiger partial charge in [0.25, 0.3) is 0 Å². The second-order valence-corrected chi connectivity index (χ2v) is 7.29. The van der Waals surface area contributed by atoms with E-state index in [2.05, 4.69) is 18.8 Å². The number of nitrogens with one attached hydrogen (secondary N) is 1. The maximum absolute atomic E-state index is 12.5. The Morgan fingerprint density at radius 1 is 1.18 bits per heavy atom. The number of rotatable bonds is 9. The van der Waals surface area contributed by atoms with Crippen molar-refractivity contribution in [2.45, 2.75) is 36.5 Å². The summed E-state index contributed by atoms with van der Waals surface area (Å²) in [4.78, 5) is 27.3. The number of benzene rings is 2. The molecule has 0 saturated heterocycles. The van der Waals surface area contributed by atoms with Crippen LogP contribution in [0.25, 0.3) is 0 Å². The number of carbonyl (C=O) groups excluding carboxylic acids is 2. The fourth-order valence-electron chi connectivity index (χ4n) is 2.51. The van der Waals surface area contributed by atoms with Crippen molar-refractivity contribution in [2.24, 2.45) is 0 Å². The van der Waals surface area contributed by atoms with Gasteiger partial charge in [0.15, 0.2) is 0 Å². The van der Waals surface area contributed by atoms with E-state index in [0.29, 0.717) is 18.8 Å². The predicted octanol–water partition coefficient (Wildman–Crippen LogP) is 5.27. The average Bonchev–Trinajstić information content (AvgIpc) is 2.68. The first-order valence-electron chi connectivity index (χ1n) is 9.26. The average molecular weight is 399 g/mol. The van der Waals surface area contributed by atoms with Crippen LogP contribution in [-0.2, 0) is 4.79 Å². The van der Waals surface area contributed by atoms with E-state index in [1.54, 1.807) is 34.9 Å². The molecule has 2 aromatic carbocycles. The molecule has 2 aromatic rings. The van der Waals surface area contributed by atoms with Gasteiger partial charge in [-0.2, -0.15) is 0 Å². The zero-order chi connectivity index (χ0) is 20.4. The Kier molecular flexibility index (Phi) is 8.62. The van der Waals surface area contributed by atoms with Gasteiger partial charge in [0, 0.05) is 35.5 Å². The van der Waals surface area contributed by atoms with Gasteiger partial charge in [-0.1, -0.05) is 37.2 Å². The molecular formula is C22H26N2O3S. The van der Waals surface area contributed by atoms with E-state index >= 15 is 0 Å². The van der Waals surface area contributed by atoms with Crippen LogP contribution in [0.1, 0.15) is 26.7 Å². The molecule has 0 aromatic heterocycles. The standard InChI is InChI=1S/C22H26N2O3S/c1-4-6-15-24(22(26)23-14-5-2)18-8-7-9-21(16-18)28-20-12-10-19(11-13-20)27-17(3)25/h5,7-13,16H,2,4,6,14-15H2,1,3H3,(H,23,26). The molecular weight excluding hydrogens is 372 g/mol. The minimum Gasteiger partial charge on any atom is -0.427 e. The van der Waals surface area contributed by atoms with Crippen LogP contribution in [0.5, 0.6) is 5.75 Å². The van der Waals surface area contributed by atoms with Gasteiger partial charge in [-0.05, 0) is 48.9 Å². The van der Waals surface area contributed by atoms with Crippen molar-refractivity contribution in [1.29, 1.82) is 0 Å². The lowest BCUT2D eigenvalue weighted by molar-refractivity contribution is -0.131. The Morgan fingerprint density at radius 3 is 2.57 bits per heavy atom.